The van der Waals surface area contributed by atoms with Gasteiger partial charge in [-0.25, -0.2) is 15.0 Å². The van der Waals surface area contributed by atoms with Crippen LogP contribution in [-0.2, 0) is 0 Å². The Morgan fingerprint density at radius 1 is 0.292 bits per heavy atom. The molecule has 0 bridgehead atoms. The minimum atomic E-state index is -0.600. The Morgan fingerprint density at radius 2 is 0.667 bits per heavy atom. The third-order valence-corrected chi connectivity index (χ3v) is 8.48. The van der Waals surface area contributed by atoms with E-state index >= 15 is 0 Å². The normalized spacial score (nSPS) is 14.2. The highest BCUT2D eigenvalue weighted by atomic mass is 15.0. The van der Waals surface area contributed by atoms with E-state index in [-0.39, 0.29) is 28.6 Å². The first-order chi connectivity index (χ1) is 27.9. The van der Waals surface area contributed by atoms with Gasteiger partial charge in [-0.1, -0.05) is 157 Å². The van der Waals surface area contributed by atoms with Gasteiger partial charge in [0.2, 0.25) is 0 Å². The van der Waals surface area contributed by atoms with Gasteiger partial charge in [0.15, 0.2) is 17.5 Å². The third-order valence-electron chi connectivity index (χ3n) is 8.48. The van der Waals surface area contributed by atoms with Crippen molar-refractivity contribution in [1.82, 2.24) is 15.0 Å². The molecule has 0 aliphatic rings. The molecule has 48 heavy (non-hydrogen) atoms. The van der Waals surface area contributed by atoms with Crippen molar-refractivity contribution in [3.05, 3.63) is 176 Å². The number of nitrogens with zero attached hydrogens (tertiary/aromatic N) is 3. The first-order valence-corrected chi connectivity index (χ1v) is 15.4. The second-order valence-electron chi connectivity index (χ2n) is 11.3. The topological polar surface area (TPSA) is 38.7 Å². The smallest absolute Gasteiger partial charge is 0.164 e. The molecule has 1 heterocycles. The summed E-state index contributed by atoms with van der Waals surface area (Å²) in [7, 11) is 0. The fraction of sp³-hybridized carbons (Fsp3) is 0. The van der Waals surface area contributed by atoms with E-state index in [9.17, 15) is 0 Å². The van der Waals surface area contributed by atoms with Crippen molar-refractivity contribution in [1.29, 1.82) is 0 Å². The molecule has 224 valence electrons. The maximum Gasteiger partial charge on any atom is 0.164 e. The summed E-state index contributed by atoms with van der Waals surface area (Å²) in [5, 5.41) is 7.08. The van der Waals surface area contributed by atoms with Crippen LogP contribution in [0.25, 0.3) is 88.7 Å². The summed E-state index contributed by atoms with van der Waals surface area (Å²) in [5.74, 6) is -0.620. The molecule has 0 saturated heterocycles. The summed E-state index contributed by atoms with van der Waals surface area (Å²) in [6, 6.07) is 33.0. The van der Waals surface area contributed by atoms with Crippen LogP contribution in [0.4, 0.5) is 0 Å². The van der Waals surface area contributed by atoms with Gasteiger partial charge in [-0.05, 0) is 72.8 Å². The van der Waals surface area contributed by atoms with Crippen molar-refractivity contribution in [2.24, 2.45) is 0 Å². The van der Waals surface area contributed by atoms with Gasteiger partial charge in [0.05, 0.1) is 13.7 Å². The Morgan fingerprint density at radius 3 is 1.17 bits per heavy atom. The third kappa shape index (κ3) is 4.99. The largest absolute Gasteiger partial charge is 0.208 e. The summed E-state index contributed by atoms with van der Waals surface area (Å²) in [6.45, 7) is 0. The quantitative estimate of drug-likeness (QED) is 0.179. The van der Waals surface area contributed by atoms with Gasteiger partial charge >= 0.3 is 0 Å². The zero-order chi connectivity index (χ0) is 40.6. The molecule has 0 aliphatic carbocycles. The average Bonchev–Trinajstić information content (AvgIpc) is 3.26. The van der Waals surface area contributed by atoms with Crippen molar-refractivity contribution in [2.75, 3.05) is 0 Å². The first kappa shape index (κ1) is 19.3. The summed E-state index contributed by atoms with van der Waals surface area (Å²) in [5.41, 5.74) is 3.53. The van der Waals surface area contributed by atoms with E-state index in [1.807, 2.05) is 30.3 Å². The monoisotopic (exact) mass is 621 g/mol. The lowest BCUT2D eigenvalue weighted by atomic mass is 9.91. The van der Waals surface area contributed by atoms with Gasteiger partial charge < -0.3 is 0 Å². The van der Waals surface area contributed by atoms with Gasteiger partial charge in [-0.2, -0.15) is 0 Å². The van der Waals surface area contributed by atoms with Crippen LogP contribution in [0.2, 0.25) is 0 Å². The van der Waals surface area contributed by atoms with Gasteiger partial charge in [-0.3, -0.25) is 0 Å². The summed E-state index contributed by atoms with van der Waals surface area (Å²) in [6.07, 6.45) is 0. The maximum atomic E-state index is 8.63. The minimum absolute atomic E-state index is 0.00487. The molecule has 0 amide bonds. The molecule has 0 unspecified atom stereocenters. The first-order valence-electron chi connectivity index (χ1n) is 20.4. The number of benzene rings is 8. The standard InChI is InChI=1S/C45H29N3/c1-3-13-30(14-4-1)43-46-44(31-15-5-2-6-16-31)48-45(47-43)36-20-12-19-34(28-36)32-17-11-18-33(27-32)35-25-26-41-39-23-8-7-21-37(39)38-22-9-10-24-40(38)42(41)29-35/h1-29H/i1D,2D,3D,4D,5D,6D,13D,14D,15D,16D. The van der Waals surface area contributed by atoms with Crippen LogP contribution < -0.4 is 0 Å². The van der Waals surface area contributed by atoms with Crippen molar-refractivity contribution in [2.45, 2.75) is 0 Å². The van der Waals surface area contributed by atoms with Crippen molar-refractivity contribution in [3.63, 3.8) is 0 Å². The Hall–Kier alpha value is -6.45. The zero-order valence-electron chi connectivity index (χ0n) is 35.3. The van der Waals surface area contributed by atoms with Gasteiger partial charge in [-0.15, -0.1) is 0 Å². The van der Waals surface area contributed by atoms with E-state index in [0.29, 0.717) is 5.56 Å². The molecule has 9 rings (SSSR count). The Kier molecular flexibility index (Phi) is 4.71. The van der Waals surface area contributed by atoms with Gasteiger partial charge in [0.25, 0.3) is 0 Å². The highest BCUT2D eigenvalue weighted by molar-refractivity contribution is 6.25. The molecule has 0 saturated carbocycles. The van der Waals surface area contributed by atoms with E-state index in [1.54, 1.807) is 6.07 Å². The molecule has 1 aromatic heterocycles. The molecule has 0 aliphatic heterocycles. The summed E-state index contributed by atoms with van der Waals surface area (Å²) in [4.78, 5) is 13.6. The van der Waals surface area contributed by atoms with Crippen LogP contribution in [-0.4, -0.2) is 15.0 Å². The van der Waals surface area contributed by atoms with Crippen molar-refractivity contribution < 1.29 is 13.7 Å². The number of fused-ring (bicyclic) bond motifs is 6. The Labute approximate surface area is 292 Å². The van der Waals surface area contributed by atoms with E-state index < -0.39 is 60.4 Å². The summed E-state index contributed by atoms with van der Waals surface area (Å²) < 4.78 is 83.8. The van der Waals surface area contributed by atoms with E-state index in [1.165, 1.54) is 26.9 Å². The lowest BCUT2D eigenvalue weighted by molar-refractivity contribution is 1.07. The van der Waals surface area contributed by atoms with Crippen LogP contribution in [0.1, 0.15) is 13.7 Å². The molecule has 0 atom stereocenters. The number of hydrogen-bond donors (Lipinski definition) is 0. The number of hydrogen-bond acceptors (Lipinski definition) is 3. The molecule has 0 N–H and O–H groups in total. The maximum absolute atomic E-state index is 8.63. The molecule has 3 heteroatoms. The predicted molar refractivity (Wildman–Crippen MR) is 200 cm³/mol. The minimum Gasteiger partial charge on any atom is -0.208 e. The number of aromatic nitrogens is 3. The van der Waals surface area contributed by atoms with E-state index in [2.05, 4.69) is 93.8 Å². The Balaban J connectivity index is 1.19. The van der Waals surface area contributed by atoms with Crippen LogP contribution >= 0.6 is 0 Å². The molecule has 0 radical (unpaired) electrons. The fourth-order valence-corrected chi connectivity index (χ4v) is 6.26. The second kappa shape index (κ2) is 11.7. The molecule has 9 aromatic rings. The molecular weight excluding hydrogens is 583 g/mol. The molecule has 0 fully saturated rings. The number of rotatable bonds is 5. The molecular formula is C45H29N3. The lowest BCUT2D eigenvalue weighted by Gasteiger charge is -2.13. The van der Waals surface area contributed by atoms with Crippen LogP contribution in [0.5, 0.6) is 0 Å². The zero-order valence-corrected chi connectivity index (χ0v) is 25.3. The highest BCUT2D eigenvalue weighted by Gasteiger charge is 2.14. The van der Waals surface area contributed by atoms with Gasteiger partial charge in [0, 0.05) is 16.7 Å². The van der Waals surface area contributed by atoms with E-state index in [4.69, 9.17) is 13.7 Å². The van der Waals surface area contributed by atoms with Gasteiger partial charge in [0.1, 0.15) is 0 Å². The predicted octanol–water partition coefficient (Wildman–Crippen LogP) is 11.7. The van der Waals surface area contributed by atoms with Crippen molar-refractivity contribution >= 4 is 32.3 Å². The molecule has 8 aromatic carbocycles. The lowest BCUT2D eigenvalue weighted by Crippen LogP contribution is -2.00. The SMILES string of the molecule is [2H]c1c([2H])c([2H])c(-c2nc(-c3cccc(-c4cccc(-c5ccc6c7ccccc7c7ccccc7c6c5)c4)c3)nc(-c3c([2H])c([2H])c([2H])c([2H])c3[2H])n2)c([2H])c1[2H]. The molecule has 0 spiro atoms. The Bertz CT molecular complexity index is 3020. The van der Waals surface area contributed by atoms with Crippen LogP contribution in [0.15, 0.2) is 176 Å². The highest BCUT2D eigenvalue weighted by Crippen LogP contribution is 2.38. The second-order valence-corrected chi connectivity index (χ2v) is 11.3. The summed E-state index contributed by atoms with van der Waals surface area (Å²) >= 11 is 0. The molecule has 3 nitrogen and oxygen atoms in total. The average molecular weight is 622 g/mol. The van der Waals surface area contributed by atoms with Crippen LogP contribution in [0.3, 0.4) is 0 Å². The fourth-order valence-electron chi connectivity index (χ4n) is 6.26. The van der Waals surface area contributed by atoms with Crippen LogP contribution in [0, 0.1) is 0 Å². The van der Waals surface area contributed by atoms with Crippen molar-refractivity contribution in [3.8, 4) is 56.4 Å². The van der Waals surface area contributed by atoms with E-state index in [0.717, 1.165) is 27.6 Å².